The van der Waals surface area contributed by atoms with Gasteiger partial charge in [-0.3, -0.25) is 0 Å². The van der Waals surface area contributed by atoms with Crippen LogP contribution in [0.25, 0.3) is 0 Å². The van der Waals surface area contributed by atoms with E-state index in [1.807, 2.05) is 21.6 Å². The zero-order valence-corrected chi connectivity index (χ0v) is 13.3. The number of hydrogen-bond donors (Lipinski definition) is 0. The van der Waals surface area contributed by atoms with E-state index < -0.39 is 0 Å². The van der Waals surface area contributed by atoms with Crippen molar-refractivity contribution in [2.24, 2.45) is 0 Å². The molecule has 0 saturated heterocycles. The predicted octanol–water partition coefficient (Wildman–Crippen LogP) is 3.05. The van der Waals surface area contributed by atoms with Gasteiger partial charge in [0.25, 0.3) is 0 Å². The Kier molecular flexibility index (Phi) is 10.0. The largest absolute Gasteiger partial charge is 0.303 e. The van der Waals surface area contributed by atoms with Crippen LogP contribution in [-0.4, -0.2) is 60.6 Å². The Morgan fingerprint density at radius 2 is 1.06 bits per heavy atom. The SMILES string of the molecule is CC(C)N(C)CCSSCCN(C)C(C)C. The first kappa shape index (κ1) is 16.6. The standard InChI is InChI=1S/C12H28N2S2/c1-11(2)13(5)7-9-15-16-10-8-14(6)12(3)4/h11-12H,7-10H2,1-6H3. The molecule has 98 valence electrons. The van der Waals surface area contributed by atoms with Gasteiger partial charge in [-0.05, 0) is 41.8 Å². The summed E-state index contributed by atoms with van der Waals surface area (Å²) in [6.07, 6.45) is 0. The lowest BCUT2D eigenvalue weighted by molar-refractivity contribution is 0.291. The van der Waals surface area contributed by atoms with Crippen LogP contribution in [0.3, 0.4) is 0 Å². The van der Waals surface area contributed by atoms with Gasteiger partial charge in [0.2, 0.25) is 0 Å². The molecule has 2 nitrogen and oxygen atoms in total. The Bertz CT molecular complexity index is 145. The maximum Gasteiger partial charge on any atom is 0.0165 e. The highest BCUT2D eigenvalue weighted by Crippen LogP contribution is 2.21. The second kappa shape index (κ2) is 9.63. The molecule has 16 heavy (non-hydrogen) atoms. The molecular formula is C12H28N2S2. The van der Waals surface area contributed by atoms with Gasteiger partial charge < -0.3 is 9.80 Å². The van der Waals surface area contributed by atoms with Gasteiger partial charge in [0.1, 0.15) is 0 Å². The van der Waals surface area contributed by atoms with Crippen LogP contribution in [0, 0.1) is 0 Å². The van der Waals surface area contributed by atoms with E-state index in [2.05, 4.69) is 51.6 Å². The molecule has 0 spiro atoms. The fourth-order valence-corrected chi connectivity index (χ4v) is 3.11. The van der Waals surface area contributed by atoms with Gasteiger partial charge in [-0.15, -0.1) is 0 Å². The fraction of sp³-hybridized carbons (Fsp3) is 1.00. The normalized spacial score (nSPS) is 12.4. The van der Waals surface area contributed by atoms with E-state index in [4.69, 9.17) is 0 Å². The second-order valence-electron chi connectivity index (χ2n) is 4.79. The summed E-state index contributed by atoms with van der Waals surface area (Å²) in [5, 5.41) is 0. The molecule has 0 bridgehead atoms. The highest BCUT2D eigenvalue weighted by atomic mass is 33.1. The quantitative estimate of drug-likeness (QED) is 0.466. The summed E-state index contributed by atoms with van der Waals surface area (Å²) in [5.74, 6) is 2.45. The van der Waals surface area contributed by atoms with Gasteiger partial charge >= 0.3 is 0 Å². The lowest BCUT2D eigenvalue weighted by Crippen LogP contribution is -2.29. The maximum atomic E-state index is 2.40. The van der Waals surface area contributed by atoms with E-state index in [-0.39, 0.29) is 0 Å². The van der Waals surface area contributed by atoms with Crippen molar-refractivity contribution in [3.8, 4) is 0 Å². The first-order valence-electron chi connectivity index (χ1n) is 6.10. The minimum atomic E-state index is 0.665. The Balaban J connectivity index is 3.28. The van der Waals surface area contributed by atoms with E-state index >= 15 is 0 Å². The minimum Gasteiger partial charge on any atom is -0.303 e. The summed E-state index contributed by atoms with van der Waals surface area (Å²) in [6.45, 7) is 11.4. The van der Waals surface area contributed by atoms with Crippen molar-refractivity contribution in [2.45, 2.75) is 39.8 Å². The Hall–Kier alpha value is 0.620. The molecule has 0 amide bonds. The lowest BCUT2D eigenvalue weighted by atomic mass is 10.3. The molecule has 0 aliphatic rings. The van der Waals surface area contributed by atoms with Crippen molar-refractivity contribution in [1.82, 2.24) is 9.80 Å². The first-order chi connectivity index (χ1) is 7.45. The molecule has 0 heterocycles. The molecule has 0 aromatic heterocycles. The van der Waals surface area contributed by atoms with Crippen LogP contribution in [0.5, 0.6) is 0 Å². The smallest absolute Gasteiger partial charge is 0.0165 e. The molecule has 0 rings (SSSR count). The van der Waals surface area contributed by atoms with Gasteiger partial charge in [-0.25, -0.2) is 0 Å². The molecule has 0 unspecified atom stereocenters. The average molecular weight is 265 g/mol. The van der Waals surface area contributed by atoms with Crippen molar-refractivity contribution in [3.63, 3.8) is 0 Å². The average Bonchev–Trinajstić information content (AvgIpc) is 2.21. The Morgan fingerprint density at radius 1 is 0.750 bits per heavy atom. The fourth-order valence-electron chi connectivity index (χ4n) is 0.997. The summed E-state index contributed by atoms with van der Waals surface area (Å²) >= 11 is 0. The second-order valence-corrected chi connectivity index (χ2v) is 7.49. The highest BCUT2D eigenvalue weighted by molar-refractivity contribution is 8.76. The summed E-state index contributed by atoms with van der Waals surface area (Å²) < 4.78 is 0. The minimum absolute atomic E-state index is 0.665. The van der Waals surface area contributed by atoms with Gasteiger partial charge in [0, 0.05) is 36.7 Å². The molecule has 0 aliphatic heterocycles. The summed E-state index contributed by atoms with van der Waals surface area (Å²) in [5.41, 5.74) is 0. The molecule has 0 aliphatic carbocycles. The van der Waals surface area contributed by atoms with E-state index in [9.17, 15) is 0 Å². The molecule has 0 radical (unpaired) electrons. The van der Waals surface area contributed by atoms with Crippen LogP contribution in [-0.2, 0) is 0 Å². The monoisotopic (exact) mass is 264 g/mol. The Labute approximate surface area is 110 Å². The molecule has 0 N–H and O–H groups in total. The van der Waals surface area contributed by atoms with E-state index in [1.165, 1.54) is 24.6 Å². The molecule has 4 heteroatoms. The van der Waals surface area contributed by atoms with Crippen LogP contribution >= 0.6 is 21.6 Å². The third-order valence-electron chi connectivity index (χ3n) is 2.90. The number of hydrogen-bond acceptors (Lipinski definition) is 4. The van der Waals surface area contributed by atoms with Gasteiger partial charge in [0.05, 0.1) is 0 Å². The summed E-state index contributed by atoms with van der Waals surface area (Å²) in [7, 11) is 8.40. The van der Waals surface area contributed by atoms with Crippen LogP contribution in [0.2, 0.25) is 0 Å². The van der Waals surface area contributed by atoms with Gasteiger partial charge in [-0.2, -0.15) is 0 Å². The third kappa shape index (κ3) is 8.74. The number of nitrogens with zero attached hydrogens (tertiary/aromatic N) is 2. The van der Waals surface area contributed by atoms with Crippen LogP contribution in [0.1, 0.15) is 27.7 Å². The van der Waals surface area contributed by atoms with Gasteiger partial charge in [-0.1, -0.05) is 21.6 Å². The molecule has 0 atom stereocenters. The molecule has 0 fully saturated rings. The molecular weight excluding hydrogens is 236 g/mol. The van der Waals surface area contributed by atoms with E-state index in [1.54, 1.807) is 0 Å². The predicted molar refractivity (Wildman–Crippen MR) is 80.4 cm³/mol. The van der Waals surface area contributed by atoms with Crippen LogP contribution in [0.4, 0.5) is 0 Å². The topological polar surface area (TPSA) is 6.48 Å². The first-order valence-corrected chi connectivity index (χ1v) is 8.58. The van der Waals surface area contributed by atoms with E-state index in [0.29, 0.717) is 12.1 Å². The maximum absolute atomic E-state index is 2.40. The molecule has 0 aromatic rings. The van der Waals surface area contributed by atoms with Crippen molar-refractivity contribution >= 4 is 21.6 Å². The van der Waals surface area contributed by atoms with Crippen LogP contribution < -0.4 is 0 Å². The highest BCUT2D eigenvalue weighted by Gasteiger charge is 2.04. The van der Waals surface area contributed by atoms with Crippen molar-refractivity contribution in [2.75, 3.05) is 38.7 Å². The number of rotatable bonds is 9. The Morgan fingerprint density at radius 3 is 1.31 bits per heavy atom. The molecule has 0 aromatic carbocycles. The lowest BCUT2D eigenvalue weighted by Gasteiger charge is -2.21. The van der Waals surface area contributed by atoms with Crippen molar-refractivity contribution in [1.29, 1.82) is 0 Å². The van der Waals surface area contributed by atoms with E-state index in [0.717, 1.165) is 0 Å². The zero-order valence-electron chi connectivity index (χ0n) is 11.7. The van der Waals surface area contributed by atoms with Crippen LogP contribution in [0.15, 0.2) is 0 Å². The zero-order chi connectivity index (χ0) is 12.6. The van der Waals surface area contributed by atoms with Crippen molar-refractivity contribution in [3.05, 3.63) is 0 Å². The molecule has 0 saturated carbocycles. The van der Waals surface area contributed by atoms with Gasteiger partial charge in [0.15, 0.2) is 0 Å². The van der Waals surface area contributed by atoms with Crippen molar-refractivity contribution < 1.29 is 0 Å². The third-order valence-corrected chi connectivity index (χ3v) is 5.27. The summed E-state index contributed by atoms with van der Waals surface area (Å²) in [4.78, 5) is 4.79. The summed E-state index contributed by atoms with van der Waals surface area (Å²) in [6, 6.07) is 1.33.